The van der Waals surface area contributed by atoms with E-state index < -0.39 is 11.9 Å². The summed E-state index contributed by atoms with van der Waals surface area (Å²) in [5.41, 5.74) is 0.194. The van der Waals surface area contributed by atoms with E-state index in [2.05, 4.69) is 0 Å². The van der Waals surface area contributed by atoms with Crippen LogP contribution in [0.2, 0.25) is 0 Å². The summed E-state index contributed by atoms with van der Waals surface area (Å²) >= 11 is 0. The standard InChI is InChI=1S/C11H7NO4.H2O/c13-10(14)8-5-7-3-1-2-4-12(7)6-9(8)11(15)16;/h1-6H,(H-,13,14,15,16);1H2. The molecular weight excluding hydrogens is 226 g/mol. The van der Waals surface area contributed by atoms with Crippen LogP contribution in [0.3, 0.4) is 0 Å². The minimum Gasteiger partial charge on any atom is -0.870 e. The predicted molar refractivity (Wildman–Crippen MR) is 55.5 cm³/mol. The fourth-order valence-electron chi connectivity index (χ4n) is 1.49. The molecular formula is C11H9NO5. The Kier molecular flexibility index (Phi) is 3.40. The Hall–Kier alpha value is -2.47. The molecule has 0 saturated carbocycles. The fraction of sp³-hybridized carbons (Fsp3) is 0. The first-order valence-corrected chi connectivity index (χ1v) is 4.50. The molecule has 0 atom stereocenters. The zero-order valence-corrected chi connectivity index (χ0v) is 8.57. The van der Waals surface area contributed by atoms with Crippen LogP contribution in [0.15, 0.2) is 36.7 Å². The van der Waals surface area contributed by atoms with Gasteiger partial charge in [0.1, 0.15) is 5.56 Å². The Bertz CT molecular complexity index is 541. The molecule has 17 heavy (non-hydrogen) atoms. The third-order valence-electron chi connectivity index (χ3n) is 2.23. The van der Waals surface area contributed by atoms with Crippen LogP contribution in [0.1, 0.15) is 20.7 Å². The number of fused-ring (bicyclic) bond motifs is 1. The van der Waals surface area contributed by atoms with Crippen molar-refractivity contribution in [2.75, 3.05) is 0 Å². The number of rotatable bonds is 2. The van der Waals surface area contributed by atoms with Gasteiger partial charge in [-0.2, -0.15) is 4.40 Å². The lowest BCUT2D eigenvalue weighted by atomic mass is 10.1. The van der Waals surface area contributed by atoms with E-state index in [1.807, 2.05) is 0 Å². The van der Waals surface area contributed by atoms with Crippen LogP contribution in [0, 0.1) is 0 Å². The number of aromatic carboxylic acids is 2. The number of nitrogens with zero attached hydrogens (tertiary/aromatic N) is 1. The second-order valence-electron chi connectivity index (χ2n) is 3.24. The second-order valence-corrected chi connectivity index (χ2v) is 3.24. The SMILES string of the molecule is O=C(O)c1cc2cccc[n+]2cc1C(=O)O.[OH-]. The van der Waals surface area contributed by atoms with Gasteiger partial charge < -0.3 is 15.7 Å². The zero-order chi connectivity index (χ0) is 11.7. The number of pyridine rings is 2. The number of aromatic nitrogens is 1. The molecule has 0 aromatic carbocycles. The van der Waals surface area contributed by atoms with E-state index in [0.717, 1.165) is 0 Å². The quantitative estimate of drug-likeness (QED) is 0.742. The van der Waals surface area contributed by atoms with Gasteiger partial charge in [0.15, 0.2) is 12.4 Å². The topological polar surface area (TPSA) is 109 Å². The van der Waals surface area contributed by atoms with Gasteiger partial charge in [-0.1, -0.05) is 0 Å². The zero-order valence-electron chi connectivity index (χ0n) is 8.57. The normalized spacial score (nSPS) is 9.65. The van der Waals surface area contributed by atoms with Gasteiger partial charge in [-0.25, -0.2) is 9.59 Å². The van der Waals surface area contributed by atoms with Crippen molar-refractivity contribution in [3.8, 4) is 0 Å². The summed E-state index contributed by atoms with van der Waals surface area (Å²) in [6, 6.07) is 6.53. The number of carbonyl (C=O) groups is 2. The average Bonchev–Trinajstić information content (AvgIpc) is 2.27. The van der Waals surface area contributed by atoms with E-state index in [4.69, 9.17) is 10.2 Å². The Morgan fingerprint density at radius 3 is 2.29 bits per heavy atom. The molecule has 2 aromatic heterocycles. The van der Waals surface area contributed by atoms with Crippen LogP contribution < -0.4 is 4.40 Å². The summed E-state index contributed by atoms with van der Waals surface area (Å²) in [6.45, 7) is 0. The molecule has 0 aliphatic rings. The fourth-order valence-corrected chi connectivity index (χ4v) is 1.49. The molecule has 0 amide bonds. The Labute approximate surface area is 95.7 Å². The van der Waals surface area contributed by atoms with Gasteiger partial charge in [-0.3, -0.25) is 0 Å². The summed E-state index contributed by atoms with van der Waals surface area (Å²) in [4.78, 5) is 21.8. The highest BCUT2D eigenvalue weighted by Crippen LogP contribution is 2.09. The van der Waals surface area contributed by atoms with Crippen molar-refractivity contribution >= 4 is 17.5 Å². The molecule has 0 saturated heterocycles. The molecule has 0 aliphatic carbocycles. The van der Waals surface area contributed by atoms with Gasteiger partial charge in [0.05, 0.1) is 5.56 Å². The summed E-state index contributed by atoms with van der Waals surface area (Å²) in [5.74, 6) is -2.50. The van der Waals surface area contributed by atoms with Crippen molar-refractivity contribution in [2.24, 2.45) is 0 Å². The van der Waals surface area contributed by atoms with Crippen molar-refractivity contribution in [1.29, 1.82) is 0 Å². The third-order valence-corrected chi connectivity index (χ3v) is 2.23. The monoisotopic (exact) mass is 235 g/mol. The van der Waals surface area contributed by atoms with Gasteiger partial charge in [0.25, 0.3) is 0 Å². The first kappa shape index (κ1) is 12.6. The molecule has 88 valence electrons. The molecule has 0 unspecified atom stereocenters. The Morgan fingerprint density at radius 2 is 1.71 bits per heavy atom. The minimum atomic E-state index is -1.25. The lowest BCUT2D eigenvalue weighted by molar-refractivity contribution is -0.512. The number of hydrogen-bond acceptors (Lipinski definition) is 3. The Balaban J connectivity index is 0.00000144. The van der Waals surface area contributed by atoms with E-state index in [9.17, 15) is 9.59 Å². The van der Waals surface area contributed by atoms with Crippen LogP contribution in [0.5, 0.6) is 0 Å². The van der Waals surface area contributed by atoms with E-state index in [-0.39, 0.29) is 16.6 Å². The average molecular weight is 235 g/mol. The molecule has 0 radical (unpaired) electrons. The summed E-state index contributed by atoms with van der Waals surface area (Å²) < 4.78 is 1.57. The van der Waals surface area contributed by atoms with Crippen molar-refractivity contribution < 1.29 is 29.7 Å². The number of carboxylic acid groups (broad SMARTS) is 2. The summed E-state index contributed by atoms with van der Waals surface area (Å²) in [5, 5.41) is 17.8. The molecule has 6 nitrogen and oxygen atoms in total. The third kappa shape index (κ3) is 2.21. The van der Waals surface area contributed by atoms with Crippen molar-refractivity contribution in [3.63, 3.8) is 0 Å². The van der Waals surface area contributed by atoms with Crippen molar-refractivity contribution in [2.45, 2.75) is 0 Å². The molecule has 2 rings (SSSR count). The molecule has 0 spiro atoms. The molecule has 3 N–H and O–H groups in total. The lowest BCUT2D eigenvalue weighted by Gasteiger charge is -1.99. The molecule has 0 aliphatic heterocycles. The van der Waals surface area contributed by atoms with Crippen LogP contribution in [-0.2, 0) is 0 Å². The Morgan fingerprint density at radius 1 is 1.06 bits per heavy atom. The van der Waals surface area contributed by atoms with Crippen LogP contribution in [-0.4, -0.2) is 27.6 Å². The van der Waals surface area contributed by atoms with Gasteiger partial charge >= 0.3 is 11.9 Å². The predicted octanol–water partition coefficient (Wildman–Crippen LogP) is 0.645. The van der Waals surface area contributed by atoms with Gasteiger partial charge in [0, 0.05) is 18.2 Å². The molecule has 2 aromatic rings. The maximum Gasteiger partial charge on any atom is 0.342 e. The minimum absolute atomic E-state index is 0. The van der Waals surface area contributed by atoms with Gasteiger partial charge in [-0.15, -0.1) is 0 Å². The van der Waals surface area contributed by atoms with E-state index >= 15 is 0 Å². The molecule has 0 fully saturated rings. The van der Waals surface area contributed by atoms with Crippen molar-refractivity contribution in [1.82, 2.24) is 0 Å². The van der Waals surface area contributed by atoms with Gasteiger partial charge in [-0.05, 0) is 6.07 Å². The van der Waals surface area contributed by atoms with Crippen LogP contribution in [0.25, 0.3) is 5.52 Å². The maximum absolute atomic E-state index is 10.9. The lowest BCUT2D eigenvalue weighted by Crippen LogP contribution is -2.24. The highest BCUT2D eigenvalue weighted by Gasteiger charge is 2.21. The second kappa shape index (κ2) is 4.58. The van der Waals surface area contributed by atoms with E-state index in [0.29, 0.717) is 5.52 Å². The van der Waals surface area contributed by atoms with E-state index in [1.165, 1.54) is 12.3 Å². The molecule has 2 heterocycles. The first-order chi connectivity index (χ1) is 7.59. The maximum atomic E-state index is 10.9. The molecule has 0 bridgehead atoms. The highest BCUT2D eigenvalue weighted by atomic mass is 16.4. The van der Waals surface area contributed by atoms with Crippen LogP contribution in [0.4, 0.5) is 0 Å². The highest BCUT2D eigenvalue weighted by molar-refractivity contribution is 6.01. The van der Waals surface area contributed by atoms with Gasteiger partial charge in [0.2, 0.25) is 5.52 Å². The molecule has 6 heteroatoms. The summed E-state index contributed by atoms with van der Waals surface area (Å²) in [6.07, 6.45) is 2.95. The first-order valence-electron chi connectivity index (χ1n) is 4.50. The van der Waals surface area contributed by atoms with E-state index in [1.54, 1.807) is 28.8 Å². The summed E-state index contributed by atoms with van der Waals surface area (Å²) in [7, 11) is 0. The number of carboxylic acids is 2. The smallest absolute Gasteiger partial charge is 0.342 e. The van der Waals surface area contributed by atoms with Crippen LogP contribution >= 0.6 is 0 Å². The largest absolute Gasteiger partial charge is 0.870 e. The number of hydrogen-bond donors (Lipinski definition) is 2. The van der Waals surface area contributed by atoms with Crippen molar-refractivity contribution in [3.05, 3.63) is 47.8 Å².